The topological polar surface area (TPSA) is 105 Å². The summed E-state index contributed by atoms with van der Waals surface area (Å²) >= 11 is 0. The van der Waals surface area contributed by atoms with E-state index in [-0.39, 0.29) is 22.9 Å². The standard InChI is InChI=1S/C20H27N3O5S/c1-14-6-7-17(13-19(14)29(25,26)23-8-11-27-12-9-23)22-20(24)16(3)21-15(2)18-5-4-10-28-18/h4-7,10,13,15-16,21H,8-9,11-12H2,1-3H3,(H,22,24)/p+1/t15-,16+/m0/s1. The molecule has 0 radical (unpaired) electrons. The van der Waals surface area contributed by atoms with E-state index in [0.29, 0.717) is 37.6 Å². The van der Waals surface area contributed by atoms with Crippen molar-refractivity contribution in [3.63, 3.8) is 0 Å². The fraction of sp³-hybridized carbons (Fsp3) is 0.450. The van der Waals surface area contributed by atoms with Gasteiger partial charge in [-0.15, -0.1) is 0 Å². The molecular weight excluding hydrogens is 394 g/mol. The number of carbonyl (C=O) groups is 1. The van der Waals surface area contributed by atoms with Gasteiger partial charge >= 0.3 is 0 Å². The third-order valence-corrected chi connectivity index (χ3v) is 7.07. The van der Waals surface area contributed by atoms with Gasteiger partial charge in [0, 0.05) is 18.8 Å². The zero-order valence-electron chi connectivity index (χ0n) is 16.9. The van der Waals surface area contributed by atoms with Gasteiger partial charge in [0.25, 0.3) is 5.91 Å². The van der Waals surface area contributed by atoms with Crippen molar-refractivity contribution in [3.8, 4) is 0 Å². The minimum atomic E-state index is -3.64. The van der Waals surface area contributed by atoms with E-state index in [9.17, 15) is 13.2 Å². The maximum atomic E-state index is 13.0. The van der Waals surface area contributed by atoms with Gasteiger partial charge in [-0.05, 0) is 50.6 Å². The van der Waals surface area contributed by atoms with E-state index in [0.717, 1.165) is 5.76 Å². The molecule has 1 aromatic carbocycles. The smallest absolute Gasteiger partial charge is 0.282 e. The van der Waals surface area contributed by atoms with E-state index < -0.39 is 10.0 Å². The number of carbonyl (C=O) groups excluding carboxylic acids is 1. The molecule has 2 heterocycles. The molecule has 1 aliphatic heterocycles. The van der Waals surface area contributed by atoms with Crippen LogP contribution in [0.15, 0.2) is 45.9 Å². The van der Waals surface area contributed by atoms with E-state index in [4.69, 9.17) is 9.15 Å². The molecule has 2 aromatic rings. The number of hydrogen-bond donors (Lipinski definition) is 2. The first-order chi connectivity index (χ1) is 13.8. The predicted molar refractivity (Wildman–Crippen MR) is 108 cm³/mol. The Morgan fingerprint density at radius 1 is 1.21 bits per heavy atom. The van der Waals surface area contributed by atoms with Crippen molar-refractivity contribution < 1.29 is 27.7 Å². The lowest BCUT2D eigenvalue weighted by Crippen LogP contribution is -2.91. The third kappa shape index (κ3) is 5.05. The summed E-state index contributed by atoms with van der Waals surface area (Å²) in [6.07, 6.45) is 1.60. The summed E-state index contributed by atoms with van der Waals surface area (Å²) in [5.74, 6) is 0.584. The maximum absolute atomic E-state index is 13.0. The number of nitrogens with two attached hydrogens (primary N) is 1. The Bertz CT molecular complexity index is 937. The van der Waals surface area contributed by atoms with E-state index in [1.807, 2.05) is 24.4 Å². The minimum absolute atomic E-state index is 0.0129. The lowest BCUT2D eigenvalue weighted by atomic mass is 10.2. The van der Waals surface area contributed by atoms with Gasteiger partial charge in [-0.1, -0.05) is 6.07 Å². The Labute approximate surface area is 171 Å². The maximum Gasteiger partial charge on any atom is 0.282 e. The van der Waals surface area contributed by atoms with Gasteiger partial charge in [-0.2, -0.15) is 4.31 Å². The monoisotopic (exact) mass is 422 g/mol. The predicted octanol–water partition coefficient (Wildman–Crippen LogP) is 1.26. The quantitative estimate of drug-likeness (QED) is 0.699. The molecule has 1 aliphatic rings. The highest BCUT2D eigenvalue weighted by Crippen LogP contribution is 2.24. The Kier molecular flexibility index (Phi) is 6.74. The zero-order chi connectivity index (χ0) is 21.0. The molecule has 1 fully saturated rings. The summed E-state index contributed by atoms with van der Waals surface area (Å²) in [7, 11) is -3.64. The highest BCUT2D eigenvalue weighted by Gasteiger charge is 2.28. The van der Waals surface area contributed by atoms with Crippen molar-refractivity contribution in [2.24, 2.45) is 0 Å². The second-order valence-electron chi connectivity index (χ2n) is 7.27. The van der Waals surface area contributed by atoms with Crippen LogP contribution < -0.4 is 10.6 Å². The molecule has 1 amide bonds. The minimum Gasteiger partial charge on any atom is -0.463 e. The highest BCUT2D eigenvalue weighted by molar-refractivity contribution is 7.89. The number of benzene rings is 1. The summed E-state index contributed by atoms with van der Waals surface area (Å²) in [5, 5.41) is 4.72. The Balaban J connectivity index is 1.71. The number of hydrogen-bond acceptors (Lipinski definition) is 5. The van der Waals surface area contributed by atoms with Gasteiger partial charge in [0.15, 0.2) is 11.8 Å². The first-order valence-corrected chi connectivity index (χ1v) is 11.1. The molecule has 2 atom stereocenters. The van der Waals surface area contributed by atoms with Gasteiger partial charge in [0.05, 0.1) is 24.4 Å². The highest BCUT2D eigenvalue weighted by atomic mass is 32.2. The number of amides is 1. The van der Waals surface area contributed by atoms with Gasteiger partial charge < -0.3 is 19.8 Å². The number of anilines is 1. The van der Waals surface area contributed by atoms with E-state index in [2.05, 4.69) is 5.32 Å². The van der Waals surface area contributed by atoms with Crippen LogP contribution in [0.4, 0.5) is 5.69 Å². The Morgan fingerprint density at radius 2 is 1.93 bits per heavy atom. The lowest BCUT2D eigenvalue weighted by Gasteiger charge is -2.27. The van der Waals surface area contributed by atoms with E-state index in [1.165, 1.54) is 10.4 Å². The second kappa shape index (κ2) is 9.08. The summed E-state index contributed by atoms with van der Waals surface area (Å²) in [6, 6.07) is 8.25. The van der Waals surface area contributed by atoms with Crippen LogP contribution in [0.1, 0.15) is 31.2 Å². The van der Waals surface area contributed by atoms with Crippen LogP contribution in [0.3, 0.4) is 0 Å². The summed E-state index contributed by atoms with van der Waals surface area (Å²) < 4.78 is 38.0. The molecular formula is C20H28N3O5S+. The molecule has 0 spiro atoms. The zero-order valence-corrected chi connectivity index (χ0v) is 17.7. The van der Waals surface area contributed by atoms with Crippen molar-refractivity contribution in [1.29, 1.82) is 0 Å². The number of quaternary nitrogens is 1. The van der Waals surface area contributed by atoms with Crippen LogP contribution in [-0.4, -0.2) is 51.0 Å². The second-order valence-corrected chi connectivity index (χ2v) is 9.18. The van der Waals surface area contributed by atoms with Crippen molar-refractivity contribution in [2.75, 3.05) is 31.6 Å². The van der Waals surface area contributed by atoms with Crippen molar-refractivity contribution in [3.05, 3.63) is 47.9 Å². The van der Waals surface area contributed by atoms with Crippen molar-refractivity contribution in [1.82, 2.24) is 4.31 Å². The molecule has 158 valence electrons. The molecule has 0 bridgehead atoms. The van der Waals surface area contributed by atoms with Crippen molar-refractivity contribution >= 4 is 21.6 Å². The average Bonchev–Trinajstić information content (AvgIpc) is 3.25. The average molecular weight is 423 g/mol. The third-order valence-electron chi connectivity index (χ3n) is 5.03. The number of aryl methyl sites for hydroxylation is 1. The van der Waals surface area contributed by atoms with Gasteiger partial charge in [-0.25, -0.2) is 8.42 Å². The summed E-state index contributed by atoms with van der Waals surface area (Å²) in [4.78, 5) is 12.8. The number of rotatable bonds is 7. The van der Waals surface area contributed by atoms with E-state index >= 15 is 0 Å². The fourth-order valence-corrected chi connectivity index (χ4v) is 4.96. The first kappa shape index (κ1) is 21.5. The molecule has 0 saturated carbocycles. The normalized spacial score (nSPS) is 17.6. The number of sulfonamides is 1. The molecule has 8 nitrogen and oxygen atoms in total. The number of nitrogens with one attached hydrogen (secondary N) is 1. The van der Waals surface area contributed by atoms with Gasteiger partial charge in [0.2, 0.25) is 10.0 Å². The van der Waals surface area contributed by atoms with Gasteiger partial charge in [0.1, 0.15) is 6.04 Å². The van der Waals surface area contributed by atoms with Crippen LogP contribution >= 0.6 is 0 Å². The molecule has 1 aromatic heterocycles. The molecule has 0 unspecified atom stereocenters. The van der Waals surface area contributed by atoms with E-state index in [1.54, 1.807) is 32.2 Å². The molecule has 3 rings (SSSR count). The van der Waals surface area contributed by atoms with Crippen molar-refractivity contribution in [2.45, 2.75) is 37.8 Å². The lowest BCUT2D eigenvalue weighted by molar-refractivity contribution is -0.711. The van der Waals surface area contributed by atoms with Crippen LogP contribution in [0.2, 0.25) is 0 Å². The molecule has 9 heteroatoms. The first-order valence-electron chi connectivity index (χ1n) is 9.67. The van der Waals surface area contributed by atoms with Gasteiger partial charge in [-0.3, -0.25) is 4.79 Å². The molecule has 0 aliphatic carbocycles. The van der Waals surface area contributed by atoms with Crippen LogP contribution in [-0.2, 0) is 19.6 Å². The number of furan rings is 1. The number of nitrogens with zero attached hydrogens (tertiary/aromatic N) is 1. The SMILES string of the molecule is Cc1ccc(NC(=O)[C@@H](C)[NH2+][C@@H](C)c2ccco2)cc1S(=O)(=O)N1CCOCC1. The summed E-state index contributed by atoms with van der Waals surface area (Å²) in [6.45, 7) is 6.94. The Hall–Kier alpha value is -2.20. The number of ether oxygens (including phenoxy) is 1. The molecule has 3 N–H and O–H groups in total. The fourth-order valence-electron chi connectivity index (χ4n) is 3.30. The summed E-state index contributed by atoms with van der Waals surface area (Å²) in [5.41, 5.74) is 1.10. The molecule has 1 saturated heterocycles. The Morgan fingerprint density at radius 3 is 2.59 bits per heavy atom. The van der Waals surface area contributed by atoms with Crippen LogP contribution in [0.25, 0.3) is 0 Å². The van der Waals surface area contributed by atoms with Crippen LogP contribution in [0, 0.1) is 6.92 Å². The largest absolute Gasteiger partial charge is 0.463 e. The number of morpholine rings is 1. The van der Waals surface area contributed by atoms with Crippen LogP contribution in [0.5, 0.6) is 0 Å². The molecule has 29 heavy (non-hydrogen) atoms.